The molecule has 0 saturated heterocycles. The van der Waals surface area contributed by atoms with Gasteiger partial charge >= 0.3 is 140 Å². The van der Waals surface area contributed by atoms with Gasteiger partial charge in [-0.1, -0.05) is 26.2 Å². The van der Waals surface area contributed by atoms with Crippen LogP contribution in [0.2, 0.25) is 9.24 Å². The first-order chi connectivity index (χ1) is 12.3. The van der Waals surface area contributed by atoms with Gasteiger partial charge in [0.2, 0.25) is 0 Å². The van der Waals surface area contributed by atoms with Crippen molar-refractivity contribution in [2.75, 3.05) is 0 Å². The first kappa shape index (κ1) is 23.1. The van der Waals surface area contributed by atoms with Crippen molar-refractivity contribution in [2.45, 2.75) is 110 Å². The molecule has 0 aromatic heterocycles. The van der Waals surface area contributed by atoms with E-state index in [9.17, 15) is 0 Å². The zero-order valence-electron chi connectivity index (χ0n) is 17.2. The van der Waals surface area contributed by atoms with Crippen molar-refractivity contribution in [3.63, 3.8) is 0 Å². The molecule has 0 heterocycles. The second kappa shape index (κ2) is 17.5. The molecular formula is C24H44Sb. The van der Waals surface area contributed by atoms with Crippen molar-refractivity contribution in [1.29, 1.82) is 0 Å². The summed E-state index contributed by atoms with van der Waals surface area (Å²) < 4.78 is 3.04. The Balaban J connectivity index is 1.78. The van der Waals surface area contributed by atoms with Crippen LogP contribution in [0.5, 0.6) is 0 Å². The third-order valence-corrected chi connectivity index (χ3v) is 11.6. The average molecular weight is 454 g/mol. The van der Waals surface area contributed by atoms with Crippen LogP contribution in [0.3, 0.4) is 0 Å². The van der Waals surface area contributed by atoms with Crippen molar-refractivity contribution in [2.24, 2.45) is 0 Å². The second-order valence-electron chi connectivity index (χ2n) is 7.97. The fraction of sp³-hybridized carbons (Fsp3) is 0.750. The van der Waals surface area contributed by atoms with Gasteiger partial charge in [-0.3, -0.25) is 0 Å². The molecule has 1 aromatic rings. The van der Waals surface area contributed by atoms with E-state index in [1.54, 1.807) is 9.93 Å². The van der Waals surface area contributed by atoms with E-state index in [1.165, 1.54) is 94.3 Å². The summed E-state index contributed by atoms with van der Waals surface area (Å²) in [5, 5.41) is 0. The molecule has 0 N–H and O–H groups in total. The average Bonchev–Trinajstić information content (AvgIpc) is 2.63. The summed E-state index contributed by atoms with van der Waals surface area (Å²) >= 11 is -1.08. The van der Waals surface area contributed by atoms with Gasteiger partial charge < -0.3 is 0 Å². The maximum absolute atomic E-state index is 2.61. The fourth-order valence-corrected chi connectivity index (χ4v) is 9.26. The molecular weight excluding hydrogens is 410 g/mol. The van der Waals surface area contributed by atoms with Crippen LogP contribution in [-0.4, -0.2) is 20.2 Å². The van der Waals surface area contributed by atoms with Gasteiger partial charge in [0.25, 0.3) is 0 Å². The molecule has 0 aliphatic rings. The van der Waals surface area contributed by atoms with Gasteiger partial charge in [-0.05, 0) is 0 Å². The third-order valence-electron chi connectivity index (χ3n) is 5.31. The van der Waals surface area contributed by atoms with E-state index >= 15 is 0 Å². The molecule has 0 saturated carbocycles. The Bertz CT molecular complexity index is 373. The predicted molar refractivity (Wildman–Crippen MR) is 118 cm³/mol. The zero-order chi connectivity index (χ0) is 18.0. The fourth-order valence-electron chi connectivity index (χ4n) is 3.65. The van der Waals surface area contributed by atoms with Crippen molar-refractivity contribution < 1.29 is 0 Å². The summed E-state index contributed by atoms with van der Waals surface area (Å²) in [6.07, 6.45) is 20.6. The molecule has 145 valence electrons. The molecule has 1 radical (unpaired) electrons. The van der Waals surface area contributed by atoms with E-state index in [2.05, 4.69) is 42.1 Å². The van der Waals surface area contributed by atoms with Crippen LogP contribution in [0, 0.1) is 0 Å². The van der Waals surface area contributed by atoms with Gasteiger partial charge in [0, 0.05) is 0 Å². The van der Waals surface area contributed by atoms with Crippen LogP contribution in [0.1, 0.15) is 102 Å². The molecule has 1 atom stereocenters. The Morgan fingerprint density at radius 1 is 0.600 bits per heavy atom. The zero-order valence-corrected chi connectivity index (χ0v) is 20.1. The second-order valence-corrected chi connectivity index (χ2v) is 15.9. The summed E-state index contributed by atoms with van der Waals surface area (Å²) in [6, 6.07) is 11.1. The summed E-state index contributed by atoms with van der Waals surface area (Å²) in [4.78, 5) is 2.61. The Kier molecular flexibility index (Phi) is 16.1. The van der Waals surface area contributed by atoms with Crippen LogP contribution in [-0.2, 0) is 4.37 Å². The van der Waals surface area contributed by atoms with Gasteiger partial charge in [0.1, 0.15) is 0 Å². The van der Waals surface area contributed by atoms with Gasteiger partial charge in [-0.2, -0.15) is 0 Å². The van der Waals surface area contributed by atoms with E-state index in [0.717, 1.165) is 0 Å². The number of benzene rings is 1. The van der Waals surface area contributed by atoms with Crippen molar-refractivity contribution in [3.8, 4) is 0 Å². The number of rotatable bonds is 17. The van der Waals surface area contributed by atoms with Crippen LogP contribution >= 0.6 is 0 Å². The number of unbranched alkanes of at least 4 members (excludes halogenated alkanes) is 13. The minimum absolute atomic E-state index is 1.08. The van der Waals surface area contributed by atoms with Gasteiger partial charge in [0.15, 0.2) is 0 Å². The molecule has 0 nitrogen and oxygen atoms in total. The van der Waals surface area contributed by atoms with Crippen LogP contribution in [0.4, 0.5) is 0 Å². The Hall–Kier alpha value is 0.0382. The normalized spacial score (nSPS) is 12.4. The van der Waals surface area contributed by atoms with Gasteiger partial charge in [-0.15, -0.1) is 0 Å². The van der Waals surface area contributed by atoms with Crippen molar-refractivity contribution in [3.05, 3.63) is 35.9 Å². The number of hydrogen-bond acceptors (Lipinski definition) is 0. The first-order valence-electron chi connectivity index (χ1n) is 11.2. The van der Waals surface area contributed by atoms with E-state index in [0.29, 0.717) is 0 Å². The molecule has 1 aromatic carbocycles. The van der Waals surface area contributed by atoms with E-state index in [4.69, 9.17) is 0 Å². The van der Waals surface area contributed by atoms with Crippen LogP contribution in [0.25, 0.3) is 0 Å². The molecule has 0 aliphatic carbocycles. The predicted octanol–water partition coefficient (Wildman–Crippen LogP) is 8.11. The van der Waals surface area contributed by atoms with E-state index in [-0.39, 0.29) is 0 Å². The van der Waals surface area contributed by atoms with E-state index in [1.807, 2.05) is 0 Å². The summed E-state index contributed by atoms with van der Waals surface area (Å²) in [5.74, 6) is 0. The molecule has 0 amide bonds. The molecule has 0 bridgehead atoms. The molecule has 25 heavy (non-hydrogen) atoms. The van der Waals surface area contributed by atoms with Gasteiger partial charge in [0.05, 0.1) is 0 Å². The topological polar surface area (TPSA) is 0 Å². The summed E-state index contributed by atoms with van der Waals surface area (Å²) in [6.45, 7) is 2.30. The van der Waals surface area contributed by atoms with Crippen LogP contribution in [0.15, 0.2) is 30.3 Å². The molecule has 1 unspecified atom stereocenters. The van der Waals surface area contributed by atoms with Gasteiger partial charge in [-0.25, -0.2) is 0 Å². The molecule has 1 heteroatoms. The first-order valence-corrected chi connectivity index (χ1v) is 18.1. The Morgan fingerprint density at radius 2 is 1.04 bits per heavy atom. The van der Waals surface area contributed by atoms with Crippen molar-refractivity contribution in [1.82, 2.24) is 0 Å². The van der Waals surface area contributed by atoms with E-state index < -0.39 is 20.2 Å². The quantitative estimate of drug-likeness (QED) is 0.165. The molecule has 0 fully saturated rings. The minimum atomic E-state index is -1.08. The monoisotopic (exact) mass is 453 g/mol. The molecule has 0 aliphatic heterocycles. The Labute approximate surface area is 166 Å². The number of hydrogen-bond donors (Lipinski definition) is 0. The summed E-state index contributed by atoms with van der Waals surface area (Å²) in [7, 11) is 0. The SMILES string of the molecule is CCCCCCCCCCCCCCC[CH2][SbH]([CH3])[CH2]c1ccccc1. The maximum atomic E-state index is 2.61. The summed E-state index contributed by atoms with van der Waals surface area (Å²) in [5.41, 5.74) is 1.59. The molecule has 1 rings (SSSR count). The van der Waals surface area contributed by atoms with Crippen molar-refractivity contribution >= 4 is 20.2 Å². The standard InChI is InChI=1S/C16H33.C7H7.CH3.Sb.H/c1-3-5-7-9-11-13-15-16-14-12-10-8-6-4-2;1-7-5-3-2-4-6-7;;;/h1,3-16H2,2H3;2-6H,1H2;1H3;;. The van der Waals surface area contributed by atoms with Crippen LogP contribution < -0.4 is 0 Å². The third kappa shape index (κ3) is 14.9. The molecule has 0 spiro atoms. The Morgan fingerprint density at radius 3 is 1.52 bits per heavy atom.